The van der Waals surface area contributed by atoms with Gasteiger partial charge in [0.2, 0.25) is 11.9 Å². The zero-order valence-electron chi connectivity index (χ0n) is 16.9. The fraction of sp³-hybridized carbons (Fsp3) is 0.476. The van der Waals surface area contributed by atoms with Crippen molar-refractivity contribution in [1.29, 1.82) is 0 Å². The number of nitrogens with zero attached hydrogens (tertiary/aromatic N) is 4. The quantitative estimate of drug-likeness (QED) is 0.503. The van der Waals surface area contributed by atoms with Crippen LogP contribution in [0.2, 0.25) is 10.0 Å². The summed E-state index contributed by atoms with van der Waals surface area (Å²) in [6, 6.07) is 5.65. The molecule has 1 aromatic carbocycles. The number of fused-ring (bicyclic) bond motifs is 1. The summed E-state index contributed by atoms with van der Waals surface area (Å²) >= 11 is 12.4. The van der Waals surface area contributed by atoms with Gasteiger partial charge in [-0.05, 0) is 50.9 Å². The summed E-state index contributed by atoms with van der Waals surface area (Å²) in [6.07, 6.45) is 7.59. The molecule has 3 heterocycles. The van der Waals surface area contributed by atoms with Crippen LogP contribution in [0.1, 0.15) is 45.1 Å². The number of aromatic nitrogens is 4. The van der Waals surface area contributed by atoms with E-state index in [1.54, 1.807) is 12.3 Å². The highest BCUT2D eigenvalue weighted by Gasteiger charge is 2.30. The first-order valence-corrected chi connectivity index (χ1v) is 11.2. The number of hydrogen-bond donors (Lipinski definition) is 3. The molecule has 1 unspecified atom stereocenters. The maximum Gasteiger partial charge on any atom is 0.225 e. The summed E-state index contributed by atoms with van der Waals surface area (Å²) in [4.78, 5) is 14.2. The van der Waals surface area contributed by atoms with Gasteiger partial charge in [0.25, 0.3) is 0 Å². The Hall–Kier alpha value is -2.09. The van der Waals surface area contributed by atoms with Gasteiger partial charge in [-0.15, -0.1) is 0 Å². The van der Waals surface area contributed by atoms with E-state index >= 15 is 0 Å². The Morgan fingerprint density at radius 3 is 2.60 bits per heavy atom. The third-order valence-electron chi connectivity index (χ3n) is 6.07. The van der Waals surface area contributed by atoms with Crippen molar-refractivity contribution in [3.63, 3.8) is 0 Å². The molecule has 30 heavy (non-hydrogen) atoms. The minimum Gasteiger partial charge on any atom is -0.349 e. The van der Waals surface area contributed by atoms with E-state index in [0.29, 0.717) is 16.0 Å². The van der Waals surface area contributed by atoms with E-state index in [4.69, 9.17) is 33.2 Å². The van der Waals surface area contributed by atoms with E-state index in [9.17, 15) is 0 Å². The predicted octanol–water partition coefficient (Wildman–Crippen LogP) is 5.16. The van der Waals surface area contributed by atoms with E-state index < -0.39 is 0 Å². The zero-order chi connectivity index (χ0) is 20.7. The molecule has 2 aromatic heterocycles. The lowest BCUT2D eigenvalue weighted by Crippen LogP contribution is -2.31. The number of halogens is 2. The van der Waals surface area contributed by atoms with Crippen LogP contribution < -0.4 is 16.0 Å². The summed E-state index contributed by atoms with van der Waals surface area (Å²) in [7, 11) is 0. The van der Waals surface area contributed by atoms with Crippen LogP contribution in [0.15, 0.2) is 24.4 Å². The van der Waals surface area contributed by atoms with Gasteiger partial charge in [-0.3, -0.25) is 4.57 Å². The lowest BCUT2D eigenvalue weighted by atomic mass is 10.0. The molecule has 1 atom stereocenters. The Kier molecular flexibility index (Phi) is 5.21. The molecule has 1 aliphatic carbocycles. The van der Waals surface area contributed by atoms with Crippen LogP contribution in [0.25, 0.3) is 11.2 Å². The number of hydrogen-bond acceptors (Lipinski definition) is 6. The van der Waals surface area contributed by atoms with Crippen molar-refractivity contribution in [1.82, 2.24) is 24.8 Å². The molecule has 1 saturated heterocycles. The van der Waals surface area contributed by atoms with Crippen molar-refractivity contribution in [2.24, 2.45) is 0 Å². The van der Waals surface area contributed by atoms with Gasteiger partial charge in [0.05, 0.1) is 12.2 Å². The lowest BCUT2D eigenvalue weighted by Gasteiger charge is -2.25. The Morgan fingerprint density at radius 1 is 1.13 bits per heavy atom. The standard InChI is InChI=1S/C21H25Cl2N7/c1-21(5-2-3-6-21)29-19-25-12-17-18(28-19)30(16-4-7-24-11-16)20(27-17)26-15-9-13(22)8-14(23)10-15/h8-10,12,16,24H,2-7,11H2,1H3,(H,26,27)(H,25,28,29). The Balaban J connectivity index is 1.55. The second kappa shape index (κ2) is 7.87. The second-order valence-electron chi connectivity index (χ2n) is 8.53. The highest BCUT2D eigenvalue weighted by Crippen LogP contribution is 2.34. The fourth-order valence-electron chi connectivity index (χ4n) is 4.55. The monoisotopic (exact) mass is 445 g/mol. The van der Waals surface area contributed by atoms with E-state index in [0.717, 1.165) is 55.2 Å². The average molecular weight is 446 g/mol. The predicted molar refractivity (Wildman–Crippen MR) is 122 cm³/mol. The Morgan fingerprint density at radius 2 is 1.90 bits per heavy atom. The van der Waals surface area contributed by atoms with Gasteiger partial charge in [-0.1, -0.05) is 36.0 Å². The van der Waals surface area contributed by atoms with Crippen molar-refractivity contribution < 1.29 is 0 Å². The normalized spacial score (nSPS) is 20.7. The van der Waals surface area contributed by atoms with E-state index in [1.165, 1.54) is 12.8 Å². The number of rotatable bonds is 5. The molecular weight excluding hydrogens is 421 g/mol. The molecule has 2 aliphatic rings. The lowest BCUT2D eigenvalue weighted by molar-refractivity contribution is 0.527. The highest BCUT2D eigenvalue weighted by molar-refractivity contribution is 6.35. The van der Waals surface area contributed by atoms with Crippen LogP contribution in [0.3, 0.4) is 0 Å². The average Bonchev–Trinajstić information content (AvgIpc) is 3.41. The largest absolute Gasteiger partial charge is 0.349 e. The van der Waals surface area contributed by atoms with Crippen LogP contribution >= 0.6 is 23.2 Å². The van der Waals surface area contributed by atoms with Gasteiger partial charge >= 0.3 is 0 Å². The molecule has 3 aromatic rings. The summed E-state index contributed by atoms with van der Waals surface area (Å²) in [6.45, 7) is 4.10. The van der Waals surface area contributed by atoms with E-state index in [1.807, 2.05) is 12.1 Å². The van der Waals surface area contributed by atoms with Gasteiger partial charge in [0.15, 0.2) is 5.65 Å². The molecule has 1 aliphatic heterocycles. The first-order chi connectivity index (χ1) is 14.5. The maximum absolute atomic E-state index is 6.18. The van der Waals surface area contributed by atoms with Gasteiger partial charge in [0.1, 0.15) is 5.52 Å². The van der Waals surface area contributed by atoms with Crippen molar-refractivity contribution in [3.05, 3.63) is 34.4 Å². The van der Waals surface area contributed by atoms with Crippen LogP contribution in [0.4, 0.5) is 17.6 Å². The van der Waals surface area contributed by atoms with Crippen LogP contribution in [0.5, 0.6) is 0 Å². The molecule has 5 rings (SSSR count). The van der Waals surface area contributed by atoms with Crippen molar-refractivity contribution in [2.45, 2.75) is 50.6 Å². The van der Waals surface area contributed by atoms with E-state index in [-0.39, 0.29) is 11.6 Å². The van der Waals surface area contributed by atoms with Crippen LogP contribution in [-0.2, 0) is 0 Å². The molecule has 3 N–H and O–H groups in total. The molecular formula is C21H25Cl2N7. The maximum atomic E-state index is 6.18. The molecule has 0 amide bonds. The van der Waals surface area contributed by atoms with E-state index in [2.05, 4.69) is 32.4 Å². The van der Waals surface area contributed by atoms with Crippen molar-refractivity contribution >= 4 is 51.9 Å². The van der Waals surface area contributed by atoms with Crippen LogP contribution in [-0.4, -0.2) is 38.1 Å². The molecule has 0 radical (unpaired) electrons. The number of nitrogens with one attached hydrogen (secondary N) is 3. The van der Waals surface area contributed by atoms with Gasteiger partial charge in [-0.25, -0.2) is 9.97 Å². The van der Waals surface area contributed by atoms with Gasteiger partial charge in [0, 0.05) is 27.8 Å². The van der Waals surface area contributed by atoms with Crippen molar-refractivity contribution in [2.75, 3.05) is 23.7 Å². The zero-order valence-corrected chi connectivity index (χ0v) is 18.4. The van der Waals surface area contributed by atoms with Crippen LogP contribution in [0, 0.1) is 0 Å². The molecule has 158 valence electrons. The molecule has 0 spiro atoms. The summed E-state index contributed by atoms with van der Waals surface area (Å²) < 4.78 is 2.17. The molecule has 1 saturated carbocycles. The summed E-state index contributed by atoms with van der Waals surface area (Å²) in [5.41, 5.74) is 2.45. The molecule has 9 heteroatoms. The number of imidazole rings is 1. The molecule has 7 nitrogen and oxygen atoms in total. The topological polar surface area (TPSA) is 79.7 Å². The SMILES string of the molecule is CC1(Nc2ncc3nc(Nc4cc(Cl)cc(Cl)c4)n(C4CCNC4)c3n2)CCCC1. The fourth-order valence-corrected chi connectivity index (χ4v) is 5.08. The highest BCUT2D eigenvalue weighted by atomic mass is 35.5. The second-order valence-corrected chi connectivity index (χ2v) is 9.40. The Bertz CT molecular complexity index is 1050. The third-order valence-corrected chi connectivity index (χ3v) is 6.51. The van der Waals surface area contributed by atoms with Gasteiger partial charge < -0.3 is 16.0 Å². The smallest absolute Gasteiger partial charge is 0.225 e. The number of anilines is 3. The first-order valence-electron chi connectivity index (χ1n) is 10.5. The van der Waals surface area contributed by atoms with Gasteiger partial charge in [-0.2, -0.15) is 4.98 Å². The Labute approximate surface area is 185 Å². The summed E-state index contributed by atoms with van der Waals surface area (Å²) in [5.74, 6) is 1.38. The number of benzene rings is 1. The minimum atomic E-state index is 0.0616. The first kappa shape index (κ1) is 19.8. The minimum absolute atomic E-state index is 0.0616. The molecule has 2 fully saturated rings. The van der Waals surface area contributed by atoms with Crippen molar-refractivity contribution in [3.8, 4) is 0 Å². The molecule has 0 bridgehead atoms. The summed E-state index contributed by atoms with van der Waals surface area (Å²) in [5, 5.41) is 11.5. The third kappa shape index (κ3) is 3.94.